The first-order valence-corrected chi connectivity index (χ1v) is 51.8. The summed E-state index contributed by atoms with van der Waals surface area (Å²) < 4.78 is 44.5. The maximum Gasteiger partial charge on any atom is 0.333 e. The molecule has 0 aliphatic carbocycles. The van der Waals surface area contributed by atoms with E-state index in [9.17, 15) is 33.6 Å². The molecule has 137 heavy (non-hydrogen) atoms. The van der Waals surface area contributed by atoms with Crippen LogP contribution in [0.15, 0.2) is 340 Å². The van der Waals surface area contributed by atoms with Crippen molar-refractivity contribution in [1.82, 2.24) is 0 Å². The Balaban J connectivity index is 0.000000238. The first kappa shape index (κ1) is 113. The van der Waals surface area contributed by atoms with Crippen molar-refractivity contribution in [1.29, 1.82) is 0 Å². The molecule has 0 fully saturated rings. The van der Waals surface area contributed by atoms with Crippen molar-refractivity contribution < 1.29 is 71.5 Å². The second kappa shape index (κ2) is 63.3. The fourth-order valence-electron chi connectivity index (χ4n) is 12.9. The van der Waals surface area contributed by atoms with E-state index in [1.54, 1.807) is 66.1 Å². The van der Waals surface area contributed by atoms with Gasteiger partial charge in [0.1, 0.15) is 48.8 Å². The van der Waals surface area contributed by atoms with Gasteiger partial charge in [-0.15, -0.1) is 47.0 Å². The molecule has 0 aromatic heterocycles. The molecule has 0 N–H and O–H groups in total. The summed E-state index contributed by atoms with van der Waals surface area (Å²) in [6.45, 7) is 39.6. The number of esters is 6. The lowest BCUT2D eigenvalue weighted by Crippen LogP contribution is -2.27. The van der Waals surface area contributed by atoms with Gasteiger partial charge in [0, 0.05) is 78.4 Å². The highest BCUT2D eigenvalue weighted by Crippen LogP contribution is 2.31. The van der Waals surface area contributed by atoms with E-state index in [1.165, 1.54) is 60.5 Å². The summed E-state index contributed by atoms with van der Waals surface area (Å²) in [4.78, 5) is 89.4. The van der Waals surface area contributed by atoms with E-state index in [4.69, 9.17) is 37.9 Å². The van der Waals surface area contributed by atoms with Gasteiger partial charge in [-0.25, -0.2) is 9.59 Å². The molecule has 2 unspecified atom stereocenters. The second-order valence-electron chi connectivity index (χ2n) is 35.0. The van der Waals surface area contributed by atoms with Gasteiger partial charge in [0.05, 0.1) is 26.1 Å². The molecule has 0 aliphatic heterocycles. The third-order valence-electron chi connectivity index (χ3n) is 21.2. The van der Waals surface area contributed by atoms with Crippen LogP contribution < -0.4 is 14.2 Å². The number of hydrogen-bond donors (Lipinski definition) is 0. The molecule has 20 heteroatoms. The number of carbonyl (C=O) groups excluding carboxylic acids is 7. The van der Waals surface area contributed by atoms with Crippen molar-refractivity contribution >= 4 is 99.7 Å². The molecule has 0 bridgehead atoms. The van der Waals surface area contributed by atoms with E-state index in [-0.39, 0.29) is 74.4 Å². The molecule has 0 amide bonds. The average Bonchev–Trinajstić information content (AvgIpc) is 0.899. The minimum absolute atomic E-state index is 0.150. The fourth-order valence-corrected chi connectivity index (χ4v) is 17.4. The normalized spacial score (nSPS) is 11.3. The number of carbonyl (C=O) groups is 7. The third kappa shape index (κ3) is 46.6. The van der Waals surface area contributed by atoms with E-state index in [0.717, 1.165) is 60.5 Å². The van der Waals surface area contributed by atoms with Crippen molar-refractivity contribution in [2.75, 3.05) is 49.4 Å². The minimum atomic E-state index is -0.497. The lowest BCUT2D eigenvalue weighted by atomic mass is 10.0. The number of ether oxygens (including phenoxy) is 8. The van der Waals surface area contributed by atoms with Crippen LogP contribution in [0.4, 0.5) is 0 Å². The summed E-state index contributed by atoms with van der Waals surface area (Å²) in [5, 5.41) is 0.184. The van der Waals surface area contributed by atoms with Gasteiger partial charge < -0.3 is 37.9 Å². The molecule has 0 spiro atoms. The Morgan fingerprint density at radius 2 is 0.591 bits per heavy atom. The van der Waals surface area contributed by atoms with Gasteiger partial charge in [-0.05, 0) is 214 Å². The van der Waals surface area contributed by atoms with Crippen molar-refractivity contribution in [2.24, 2.45) is 0 Å². The van der Waals surface area contributed by atoms with E-state index >= 15 is 0 Å². The van der Waals surface area contributed by atoms with Gasteiger partial charge in [0.2, 0.25) is 0 Å². The average molecular weight is 1940 g/mol. The van der Waals surface area contributed by atoms with Gasteiger partial charge in [0.25, 0.3) is 0 Å². The molecule has 11 aromatic carbocycles. The highest BCUT2D eigenvalue weighted by Gasteiger charge is 2.22. The van der Waals surface area contributed by atoms with Crippen LogP contribution in [0, 0.1) is 0 Å². The van der Waals surface area contributed by atoms with Crippen molar-refractivity contribution in [3.05, 3.63) is 372 Å². The van der Waals surface area contributed by atoms with Crippen LogP contribution >= 0.6 is 58.8 Å². The zero-order valence-electron chi connectivity index (χ0n) is 82.2. The summed E-state index contributed by atoms with van der Waals surface area (Å²) in [6.07, 6.45) is 2.33. The van der Waals surface area contributed by atoms with E-state index in [0.29, 0.717) is 96.4 Å². The first-order valence-electron chi connectivity index (χ1n) is 47.1. The third-order valence-corrected chi connectivity index (χ3v) is 26.6. The van der Waals surface area contributed by atoms with Gasteiger partial charge in [-0.3, -0.25) is 24.0 Å². The molecule has 0 aliphatic rings. The number of thioether (sulfide) groups is 5. The van der Waals surface area contributed by atoms with Crippen molar-refractivity contribution in [3.63, 3.8) is 0 Å². The Morgan fingerprint density at radius 3 is 0.927 bits per heavy atom. The molecule has 726 valence electrons. The van der Waals surface area contributed by atoms with Gasteiger partial charge in [-0.2, -0.15) is 0 Å². The summed E-state index contributed by atoms with van der Waals surface area (Å²) >= 11 is 8.02. The number of para-hydroxylation sites is 1. The Bertz CT molecular complexity index is 5090. The van der Waals surface area contributed by atoms with Crippen LogP contribution in [0.2, 0.25) is 0 Å². The standard InChI is InChI=1S/C29H38O5S.C28H36O5S.C26H28O2S2.C17H18O2.C17H18OS/c1-20(2)23-9-13-25(14-10-23)33-18-26(19-35-27-15-11-24(12-16-27)21(3)4)34-28(30)8-7-17-32-29(31)22(5)6;1-6-27(29)31-17-7-8-28(30)33-25(18-32-24-13-9-22(10-14-24)20(2)3)19-34-26-15-11-23(12-16-26)21(4)5;1-20(2)22-15-13-21(14-16-22)17-26(27)28-23(18-29-24-9-5-3-6-10-24)19-30-25-11-7-4-8-12-25;2*1-13(2)15-10-8-14(9-11-15)12-17(18)19-16-6-4-3-5-7-16/h9-16,20-21,26H,5,7-8,17-19H2,1-4,6H3;6,9-16,20-21,25H,1,7-8,17-19H2,2-5H3;3-16,20,23H,17-19H2,1-2H3;2*3-11,13H,12H2,1-2H3. The SMILES string of the molecule is C=C(C)C(=O)OCCCC(=O)OC(COc1ccc(C(C)C)cc1)CSc1ccc(C(C)C)cc1.C=CC(=O)OCCCC(=O)OC(COc1ccc(C(C)C)cc1)CSc1ccc(C(C)C)cc1.CC(C)c1ccc(CC(=O)OC(CSc2ccccc2)CSc2ccccc2)cc1.CC(C)c1ccc(CC(=O)Oc2ccccc2)cc1.CC(C)c1ccc(CC(=O)Sc2ccccc2)cc1. The maximum absolute atomic E-state index is 12.6. The number of rotatable bonds is 46. The molecule has 2 atom stereocenters. The molecule has 11 rings (SSSR count). The zero-order chi connectivity index (χ0) is 99.2. The topological polar surface area (TPSA) is 193 Å². The highest BCUT2D eigenvalue weighted by molar-refractivity contribution is 8.13. The molecule has 0 saturated heterocycles. The minimum Gasteiger partial charge on any atom is -0.490 e. The van der Waals surface area contributed by atoms with Crippen LogP contribution in [0.5, 0.6) is 17.2 Å². The van der Waals surface area contributed by atoms with E-state index in [1.807, 2.05) is 133 Å². The molecule has 0 heterocycles. The second-order valence-corrected chi connectivity index (χ2v) is 40.5. The summed E-state index contributed by atoms with van der Waals surface area (Å²) in [5.74, 6) is 6.05. The quantitative estimate of drug-likeness (QED) is 0.00872. The molecular weight excluding hydrogens is 1810 g/mol. The highest BCUT2D eigenvalue weighted by atomic mass is 32.2. The van der Waals surface area contributed by atoms with Crippen molar-refractivity contribution in [3.8, 4) is 17.2 Å². The van der Waals surface area contributed by atoms with E-state index < -0.39 is 24.1 Å². The lowest BCUT2D eigenvalue weighted by molar-refractivity contribution is -0.151. The van der Waals surface area contributed by atoms with Crippen molar-refractivity contribution in [2.45, 2.75) is 233 Å². The molecular formula is C117H138O15S5. The Kier molecular flexibility index (Phi) is 52.1. The molecule has 15 nitrogen and oxygen atoms in total. The van der Waals surface area contributed by atoms with Crippen LogP contribution in [0.3, 0.4) is 0 Å². The largest absolute Gasteiger partial charge is 0.490 e. The first-order chi connectivity index (χ1) is 65.8. The number of hydrogen-bond acceptors (Lipinski definition) is 20. The smallest absolute Gasteiger partial charge is 0.333 e. The molecule has 0 radical (unpaired) electrons. The van der Waals surface area contributed by atoms with E-state index in [2.05, 4.69) is 256 Å². The number of benzene rings is 11. The predicted molar refractivity (Wildman–Crippen MR) is 566 cm³/mol. The summed E-state index contributed by atoms with van der Waals surface area (Å²) in [5.41, 5.74) is 12.3. The van der Waals surface area contributed by atoms with Crippen LogP contribution in [-0.2, 0) is 76.5 Å². The molecule has 0 saturated carbocycles. The van der Waals surface area contributed by atoms with Crippen LogP contribution in [0.1, 0.15) is 227 Å². The summed E-state index contributed by atoms with van der Waals surface area (Å²) in [7, 11) is 0. The Labute approximate surface area is 836 Å². The monoisotopic (exact) mass is 1940 g/mol. The van der Waals surface area contributed by atoms with Gasteiger partial charge >= 0.3 is 35.8 Å². The Morgan fingerprint density at radius 1 is 0.307 bits per heavy atom. The predicted octanol–water partition coefficient (Wildman–Crippen LogP) is 28.9. The zero-order valence-corrected chi connectivity index (χ0v) is 86.3. The fraction of sp³-hybridized carbons (Fsp3) is 0.342. The maximum atomic E-state index is 12.6. The van der Waals surface area contributed by atoms with Crippen LogP contribution in [-0.4, -0.2) is 109 Å². The molecule has 11 aromatic rings. The van der Waals surface area contributed by atoms with Gasteiger partial charge in [0.15, 0.2) is 5.12 Å². The summed E-state index contributed by atoms with van der Waals surface area (Å²) in [6, 6.07) is 97.0. The van der Waals surface area contributed by atoms with Crippen LogP contribution in [0.25, 0.3) is 0 Å². The van der Waals surface area contributed by atoms with Gasteiger partial charge in [-0.1, -0.05) is 316 Å². The Hall–Kier alpha value is -11.3. The lowest BCUT2D eigenvalue weighted by Gasteiger charge is -2.19.